The standard InChI is InChI=1S/C14H16F2O3S/c1-2-19-14(18)13(17)5-3-4-6-20-12-8-10(15)7-11(16)9-12/h7-9H,2-6H2,1H3. The van der Waals surface area contributed by atoms with E-state index in [1.807, 2.05) is 0 Å². The van der Waals surface area contributed by atoms with Crippen LogP contribution >= 0.6 is 11.8 Å². The summed E-state index contributed by atoms with van der Waals surface area (Å²) in [7, 11) is 0. The third-order valence-electron chi connectivity index (χ3n) is 2.41. The van der Waals surface area contributed by atoms with Crippen LogP contribution in [0.1, 0.15) is 26.2 Å². The maximum atomic E-state index is 12.9. The number of unbranched alkanes of at least 4 members (excludes halogenated alkanes) is 1. The van der Waals surface area contributed by atoms with Crippen molar-refractivity contribution in [2.75, 3.05) is 12.4 Å². The number of thioether (sulfide) groups is 1. The third kappa shape index (κ3) is 6.14. The molecule has 0 fully saturated rings. The first-order chi connectivity index (χ1) is 9.52. The van der Waals surface area contributed by atoms with E-state index in [0.29, 0.717) is 23.5 Å². The molecule has 0 amide bonds. The molecule has 0 aliphatic carbocycles. The Morgan fingerprint density at radius 1 is 1.15 bits per heavy atom. The van der Waals surface area contributed by atoms with Gasteiger partial charge in [-0.1, -0.05) is 0 Å². The molecule has 0 radical (unpaired) electrons. The van der Waals surface area contributed by atoms with Crippen LogP contribution in [-0.4, -0.2) is 24.1 Å². The lowest BCUT2D eigenvalue weighted by molar-refractivity contribution is -0.153. The van der Waals surface area contributed by atoms with Gasteiger partial charge in [0.2, 0.25) is 5.78 Å². The third-order valence-corrected chi connectivity index (χ3v) is 3.47. The molecule has 0 N–H and O–H groups in total. The minimum atomic E-state index is -0.799. The Balaban J connectivity index is 2.22. The Hall–Kier alpha value is -1.43. The smallest absolute Gasteiger partial charge is 0.374 e. The topological polar surface area (TPSA) is 43.4 Å². The Bertz CT molecular complexity index is 457. The Labute approximate surface area is 120 Å². The van der Waals surface area contributed by atoms with E-state index in [4.69, 9.17) is 0 Å². The van der Waals surface area contributed by atoms with Crippen LogP contribution in [0.15, 0.2) is 23.1 Å². The first kappa shape index (κ1) is 16.6. The summed E-state index contributed by atoms with van der Waals surface area (Å²) in [6.07, 6.45) is 1.35. The SMILES string of the molecule is CCOC(=O)C(=O)CCCCSc1cc(F)cc(F)c1. The van der Waals surface area contributed by atoms with Crippen molar-refractivity contribution in [3.8, 4) is 0 Å². The summed E-state index contributed by atoms with van der Waals surface area (Å²) in [4.78, 5) is 22.8. The van der Waals surface area contributed by atoms with Gasteiger partial charge < -0.3 is 4.74 Å². The molecule has 0 saturated heterocycles. The minimum absolute atomic E-state index is 0.136. The van der Waals surface area contributed by atoms with Gasteiger partial charge in [-0.05, 0) is 37.7 Å². The molecule has 0 atom stereocenters. The lowest BCUT2D eigenvalue weighted by atomic mass is 10.2. The second kappa shape index (κ2) is 8.68. The molecule has 0 aromatic heterocycles. The number of rotatable bonds is 8. The molecule has 0 bridgehead atoms. The van der Waals surface area contributed by atoms with Gasteiger partial charge in [0.1, 0.15) is 11.6 Å². The molecule has 0 unspecified atom stereocenters. The predicted octanol–water partition coefficient (Wildman–Crippen LogP) is 3.36. The van der Waals surface area contributed by atoms with Crippen molar-refractivity contribution in [3.63, 3.8) is 0 Å². The van der Waals surface area contributed by atoms with Crippen molar-refractivity contribution >= 4 is 23.5 Å². The monoisotopic (exact) mass is 302 g/mol. The summed E-state index contributed by atoms with van der Waals surface area (Å²) in [6.45, 7) is 1.82. The second-order valence-electron chi connectivity index (χ2n) is 4.05. The Morgan fingerprint density at radius 3 is 2.40 bits per heavy atom. The summed E-state index contributed by atoms with van der Waals surface area (Å²) in [5.41, 5.74) is 0. The summed E-state index contributed by atoms with van der Waals surface area (Å²) < 4.78 is 30.4. The largest absolute Gasteiger partial charge is 0.460 e. The van der Waals surface area contributed by atoms with Crippen LogP contribution in [0.25, 0.3) is 0 Å². The van der Waals surface area contributed by atoms with E-state index < -0.39 is 23.4 Å². The highest BCUT2D eigenvalue weighted by Crippen LogP contribution is 2.21. The van der Waals surface area contributed by atoms with Crippen LogP contribution in [0.3, 0.4) is 0 Å². The lowest BCUT2D eigenvalue weighted by Gasteiger charge is -2.03. The quantitative estimate of drug-likeness (QED) is 0.320. The number of carbonyl (C=O) groups is 2. The Morgan fingerprint density at radius 2 is 1.80 bits per heavy atom. The highest BCUT2D eigenvalue weighted by Gasteiger charge is 2.13. The number of halogens is 2. The Kier molecular flexibility index (Phi) is 7.22. The van der Waals surface area contributed by atoms with Crippen LogP contribution in [-0.2, 0) is 14.3 Å². The molecule has 0 aliphatic heterocycles. The van der Waals surface area contributed by atoms with Crippen molar-refractivity contribution in [2.24, 2.45) is 0 Å². The molecular formula is C14H16F2O3S. The molecule has 0 heterocycles. The lowest BCUT2D eigenvalue weighted by Crippen LogP contribution is -2.16. The van der Waals surface area contributed by atoms with Crippen LogP contribution in [0.2, 0.25) is 0 Å². The van der Waals surface area contributed by atoms with E-state index in [0.717, 1.165) is 6.07 Å². The van der Waals surface area contributed by atoms with Gasteiger partial charge in [0.05, 0.1) is 6.61 Å². The van der Waals surface area contributed by atoms with E-state index in [9.17, 15) is 18.4 Å². The molecule has 0 spiro atoms. The highest BCUT2D eigenvalue weighted by atomic mass is 32.2. The zero-order chi connectivity index (χ0) is 15.0. The van der Waals surface area contributed by atoms with Crippen LogP contribution in [0.4, 0.5) is 8.78 Å². The van der Waals surface area contributed by atoms with E-state index in [1.165, 1.54) is 23.9 Å². The summed E-state index contributed by atoms with van der Waals surface area (Å²) in [5, 5.41) is 0. The van der Waals surface area contributed by atoms with E-state index >= 15 is 0 Å². The van der Waals surface area contributed by atoms with Gasteiger partial charge in [0.25, 0.3) is 0 Å². The maximum Gasteiger partial charge on any atom is 0.374 e. The molecule has 3 nitrogen and oxygen atoms in total. The van der Waals surface area contributed by atoms with Gasteiger partial charge in [0.15, 0.2) is 0 Å². The molecule has 1 rings (SSSR count). The highest BCUT2D eigenvalue weighted by molar-refractivity contribution is 7.99. The number of esters is 1. The number of benzene rings is 1. The fourth-order valence-electron chi connectivity index (χ4n) is 1.50. The average Bonchev–Trinajstić information content (AvgIpc) is 2.37. The summed E-state index contributed by atoms with van der Waals surface area (Å²) >= 11 is 1.31. The van der Waals surface area contributed by atoms with Gasteiger partial charge >= 0.3 is 5.97 Å². The van der Waals surface area contributed by atoms with Gasteiger partial charge in [-0.15, -0.1) is 11.8 Å². The van der Waals surface area contributed by atoms with Crippen molar-refractivity contribution in [1.82, 2.24) is 0 Å². The molecule has 6 heteroatoms. The molecular weight excluding hydrogens is 286 g/mol. The van der Waals surface area contributed by atoms with Gasteiger partial charge in [-0.2, -0.15) is 0 Å². The molecule has 0 saturated carbocycles. The molecule has 1 aromatic carbocycles. The van der Waals surface area contributed by atoms with Crippen LogP contribution in [0, 0.1) is 11.6 Å². The van der Waals surface area contributed by atoms with Crippen molar-refractivity contribution in [3.05, 3.63) is 29.8 Å². The minimum Gasteiger partial charge on any atom is -0.460 e. The predicted molar refractivity (Wildman–Crippen MR) is 72.6 cm³/mol. The second-order valence-corrected chi connectivity index (χ2v) is 5.22. The number of hydrogen-bond acceptors (Lipinski definition) is 4. The van der Waals surface area contributed by atoms with E-state index in [-0.39, 0.29) is 13.0 Å². The fourth-order valence-corrected chi connectivity index (χ4v) is 2.48. The first-order valence-corrected chi connectivity index (χ1v) is 7.30. The van der Waals surface area contributed by atoms with Crippen molar-refractivity contribution in [2.45, 2.75) is 31.1 Å². The fraction of sp³-hybridized carbons (Fsp3) is 0.429. The van der Waals surface area contributed by atoms with Crippen molar-refractivity contribution < 1.29 is 23.1 Å². The number of carbonyl (C=O) groups excluding carboxylic acids is 2. The summed E-state index contributed by atoms with van der Waals surface area (Å²) in [5.74, 6) is -1.92. The van der Waals surface area contributed by atoms with Crippen LogP contribution in [0.5, 0.6) is 0 Å². The maximum absolute atomic E-state index is 12.9. The molecule has 0 aliphatic rings. The normalized spacial score (nSPS) is 10.3. The molecule has 20 heavy (non-hydrogen) atoms. The first-order valence-electron chi connectivity index (χ1n) is 6.31. The van der Waals surface area contributed by atoms with Crippen molar-refractivity contribution in [1.29, 1.82) is 0 Å². The zero-order valence-corrected chi connectivity index (χ0v) is 12.0. The number of ether oxygens (including phenoxy) is 1. The zero-order valence-electron chi connectivity index (χ0n) is 11.2. The van der Waals surface area contributed by atoms with Crippen LogP contribution < -0.4 is 0 Å². The van der Waals surface area contributed by atoms with Gasteiger partial charge in [0, 0.05) is 17.4 Å². The average molecular weight is 302 g/mol. The summed E-state index contributed by atoms with van der Waals surface area (Å²) in [6, 6.07) is 3.34. The van der Waals surface area contributed by atoms with Gasteiger partial charge in [-0.3, -0.25) is 4.79 Å². The van der Waals surface area contributed by atoms with E-state index in [2.05, 4.69) is 4.74 Å². The molecule has 110 valence electrons. The van der Waals surface area contributed by atoms with E-state index in [1.54, 1.807) is 6.92 Å². The van der Waals surface area contributed by atoms with Gasteiger partial charge in [-0.25, -0.2) is 13.6 Å². The molecule has 1 aromatic rings. The number of ketones is 1. The number of hydrogen-bond donors (Lipinski definition) is 0. The number of Topliss-reactive ketones (excluding diaryl/α,β-unsaturated/α-hetero) is 1.